The molecule has 2 rings (SSSR count). The van der Waals surface area contributed by atoms with Crippen LogP contribution in [0.25, 0.3) is 0 Å². The maximum atomic E-state index is 12.2. The minimum absolute atomic E-state index is 0.0522. The SMILES string of the molecule is CC(C)(COC(=O)c1ccccc1Br)OC(=O)c1ccccc1Br. The zero-order chi connectivity index (χ0) is 17.7. The Morgan fingerprint density at radius 2 is 1.33 bits per heavy atom. The van der Waals surface area contributed by atoms with Gasteiger partial charge in [0.15, 0.2) is 0 Å². The molecule has 2 aromatic carbocycles. The highest BCUT2D eigenvalue weighted by Gasteiger charge is 2.27. The molecule has 4 nitrogen and oxygen atoms in total. The van der Waals surface area contributed by atoms with Crippen molar-refractivity contribution in [3.05, 3.63) is 68.6 Å². The van der Waals surface area contributed by atoms with Gasteiger partial charge in [-0.15, -0.1) is 0 Å². The van der Waals surface area contributed by atoms with Crippen LogP contribution in [0.4, 0.5) is 0 Å². The first-order chi connectivity index (χ1) is 11.3. The quantitative estimate of drug-likeness (QED) is 0.595. The van der Waals surface area contributed by atoms with E-state index in [0.29, 0.717) is 20.1 Å². The lowest BCUT2D eigenvalue weighted by Gasteiger charge is -2.25. The largest absolute Gasteiger partial charge is 0.458 e. The predicted molar refractivity (Wildman–Crippen MR) is 98.1 cm³/mol. The Kier molecular flexibility index (Phi) is 6.18. The fourth-order valence-corrected chi connectivity index (χ4v) is 2.80. The lowest BCUT2D eigenvalue weighted by Crippen LogP contribution is -2.34. The average Bonchev–Trinajstić information content (AvgIpc) is 2.53. The van der Waals surface area contributed by atoms with E-state index in [1.165, 1.54) is 0 Å². The maximum Gasteiger partial charge on any atom is 0.339 e. The summed E-state index contributed by atoms with van der Waals surface area (Å²) in [5.41, 5.74) is -0.114. The summed E-state index contributed by atoms with van der Waals surface area (Å²) in [7, 11) is 0. The smallest absolute Gasteiger partial charge is 0.339 e. The van der Waals surface area contributed by atoms with Crippen LogP contribution >= 0.6 is 31.9 Å². The molecule has 0 atom stereocenters. The number of rotatable bonds is 5. The Morgan fingerprint density at radius 1 is 0.875 bits per heavy atom. The number of benzene rings is 2. The van der Waals surface area contributed by atoms with Gasteiger partial charge in [-0.05, 0) is 70.0 Å². The molecule has 0 amide bonds. The van der Waals surface area contributed by atoms with Gasteiger partial charge in [0.05, 0.1) is 11.1 Å². The van der Waals surface area contributed by atoms with Crippen molar-refractivity contribution in [2.45, 2.75) is 19.4 Å². The van der Waals surface area contributed by atoms with Crippen LogP contribution in [0, 0.1) is 0 Å². The molecule has 0 spiro atoms. The summed E-state index contributed by atoms with van der Waals surface area (Å²) < 4.78 is 12.0. The molecule has 0 bridgehead atoms. The monoisotopic (exact) mass is 454 g/mol. The molecule has 0 heterocycles. The Hall–Kier alpha value is -1.66. The van der Waals surface area contributed by atoms with Gasteiger partial charge in [0.2, 0.25) is 0 Å². The van der Waals surface area contributed by atoms with Crippen LogP contribution in [-0.2, 0) is 9.47 Å². The average molecular weight is 456 g/mol. The van der Waals surface area contributed by atoms with Gasteiger partial charge in [-0.1, -0.05) is 24.3 Å². The third-order valence-corrected chi connectivity index (χ3v) is 4.49. The summed E-state index contributed by atoms with van der Waals surface area (Å²) >= 11 is 6.62. The molecule has 0 aliphatic carbocycles. The fourth-order valence-electron chi connectivity index (χ4n) is 1.91. The van der Waals surface area contributed by atoms with Crippen LogP contribution in [0.15, 0.2) is 57.5 Å². The molecule has 0 saturated carbocycles. The molecule has 24 heavy (non-hydrogen) atoms. The van der Waals surface area contributed by atoms with Crippen molar-refractivity contribution in [1.29, 1.82) is 0 Å². The predicted octanol–water partition coefficient (Wildman–Crippen LogP) is 5.00. The molecule has 0 aromatic heterocycles. The number of esters is 2. The number of carbonyl (C=O) groups excluding carboxylic acids is 2. The molecule has 0 aliphatic heterocycles. The van der Waals surface area contributed by atoms with Crippen LogP contribution in [0.5, 0.6) is 0 Å². The molecule has 6 heteroatoms. The van der Waals surface area contributed by atoms with Crippen molar-refractivity contribution < 1.29 is 19.1 Å². The molecular formula is C18H16Br2O4. The van der Waals surface area contributed by atoms with Crippen LogP contribution < -0.4 is 0 Å². The van der Waals surface area contributed by atoms with E-state index in [4.69, 9.17) is 9.47 Å². The summed E-state index contributed by atoms with van der Waals surface area (Å²) in [6, 6.07) is 14.0. The standard InChI is InChI=1S/C18H16Br2O4/c1-18(2,24-17(22)13-8-4-6-10-15(13)20)11-23-16(21)12-7-3-5-9-14(12)19/h3-10H,11H2,1-2H3. The van der Waals surface area contributed by atoms with Crippen LogP contribution in [0.3, 0.4) is 0 Å². The normalized spacial score (nSPS) is 11.0. The Labute approximate surface area is 157 Å². The maximum absolute atomic E-state index is 12.2. The molecule has 0 N–H and O–H groups in total. The third-order valence-electron chi connectivity index (χ3n) is 3.11. The van der Waals surface area contributed by atoms with Gasteiger partial charge in [0.25, 0.3) is 0 Å². The number of hydrogen-bond acceptors (Lipinski definition) is 4. The number of halogens is 2. The Morgan fingerprint density at radius 3 is 1.83 bits per heavy atom. The van der Waals surface area contributed by atoms with Crippen molar-refractivity contribution in [3.63, 3.8) is 0 Å². The van der Waals surface area contributed by atoms with E-state index >= 15 is 0 Å². The van der Waals surface area contributed by atoms with Gasteiger partial charge in [-0.2, -0.15) is 0 Å². The number of hydrogen-bond donors (Lipinski definition) is 0. The second kappa shape index (κ2) is 7.94. The highest BCUT2D eigenvalue weighted by atomic mass is 79.9. The van der Waals surface area contributed by atoms with Gasteiger partial charge in [0.1, 0.15) is 12.2 Å². The number of carbonyl (C=O) groups is 2. The van der Waals surface area contributed by atoms with Crippen LogP contribution in [0.2, 0.25) is 0 Å². The summed E-state index contributed by atoms with van der Waals surface area (Å²) in [6.45, 7) is 3.33. The van der Waals surface area contributed by atoms with E-state index < -0.39 is 17.5 Å². The van der Waals surface area contributed by atoms with Gasteiger partial charge in [-0.25, -0.2) is 9.59 Å². The third kappa shape index (κ3) is 4.92. The van der Waals surface area contributed by atoms with Crippen LogP contribution in [-0.4, -0.2) is 24.1 Å². The van der Waals surface area contributed by atoms with Gasteiger partial charge in [-0.3, -0.25) is 0 Å². The zero-order valence-electron chi connectivity index (χ0n) is 13.2. The van der Waals surface area contributed by atoms with Gasteiger partial charge < -0.3 is 9.47 Å². The zero-order valence-corrected chi connectivity index (χ0v) is 16.4. The van der Waals surface area contributed by atoms with Crippen molar-refractivity contribution in [2.75, 3.05) is 6.61 Å². The lowest BCUT2D eigenvalue weighted by atomic mass is 10.1. The minimum atomic E-state index is -0.955. The molecule has 2 aromatic rings. The van der Waals surface area contributed by atoms with E-state index in [9.17, 15) is 9.59 Å². The fraction of sp³-hybridized carbons (Fsp3) is 0.222. The first kappa shape index (κ1) is 18.7. The highest BCUT2D eigenvalue weighted by Crippen LogP contribution is 2.21. The van der Waals surface area contributed by atoms with E-state index in [1.54, 1.807) is 50.2 Å². The molecule has 0 radical (unpaired) electrons. The molecule has 126 valence electrons. The highest BCUT2D eigenvalue weighted by molar-refractivity contribution is 9.10. The minimum Gasteiger partial charge on any atom is -0.458 e. The van der Waals surface area contributed by atoms with Crippen molar-refractivity contribution in [1.82, 2.24) is 0 Å². The topological polar surface area (TPSA) is 52.6 Å². The van der Waals surface area contributed by atoms with E-state index in [-0.39, 0.29) is 6.61 Å². The van der Waals surface area contributed by atoms with E-state index in [1.807, 2.05) is 12.1 Å². The summed E-state index contributed by atoms with van der Waals surface area (Å²) in [4.78, 5) is 24.4. The Bertz CT molecular complexity index is 756. The number of ether oxygens (including phenoxy) is 2. The van der Waals surface area contributed by atoms with Gasteiger partial charge in [0, 0.05) is 8.95 Å². The first-order valence-corrected chi connectivity index (χ1v) is 8.78. The molecular weight excluding hydrogens is 440 g/mol. The van der Waals surface area contributed by atoms with Crippen molar-refractivity contribution in [3.8, 4) is 0 Å². The molecule has 0 fully saturated rings. The molecule has 0 aliphatic rings. The van der Waals surface area contributed by atoms with Crippen molar-refractivity contribution >= 4 is 43.8 Å². The first-order valence-electron chi connectivity index (χ1n) is 7.20. The van der Waals surface area contributed by atoms with E-state index in [2.05, 4.69) is 31.9 Å². The Balaban J connectivity index is 1.99. The molecule has 0 saturated heterocycles. The summed E-state index contributed by atoms with van der Waals surface area (Å²) in [6.07, 6.45) is 0. The second-order valence-corrected chi connectivity index (χ2v) is 7.39. The second-order valence-electron chi connectivity index (χ2n) is 5.69. The summed E-state index contributed by atoms with van der Waals surface area (Å²) in [5.74, 6) is -0.961. The van der Waals surface area contributed by atoms with Crippen LogP contribution in [0.1, 0.15) is 34.6 Å². The summed E-state index contributed by atoms with van der Waals surface area (Å²) in [5, 5.41) is 0. The van der Waals surface area contributed by atoms with E-state index in [0.717, 1.165) is 0 Å². The lowest BCUT2D eigenvalue weighted by molar-refractivity contribution is -0.0371. The van der Waals surface area contributed by atoms with Gasteiger partial charge >= 0.3 is 11.9 Å². The molecule has 0 unspecified atom stereocenters. The van der Waals surface area contributed by atoms with Crippen molar-refractivity contribution in [2.24, 2.45) is 0 Å².